The molecule has 2 atom stereocenters. The Morgan fingerprint density at radius 3 is 1.81 bits per heavy atom. The number of carboxylic acid groups (broad SMARTS) is 1. The topological polar surface area (TPSA) is 171 Å². The van der Waals surface area contributed by atoms with Crippen molar-refractivity contribution in [2.75, 3.05) is 12.4 Å². The molecule has 0 aliphatic heterocycles. The molecular weight excluding hydrogens is 488 g/mol. The first kappa shape index (κ1) is 26.3. The highest BCUT2D eigenvalue weighted by molar-refractivity contribution is 6.02. The Morgan fingerprint density at radius 1 is 0.838 bits per heavy atom. The van der Waals surface area contributed by atoms with Gasteiger partial charge in [-0.25, -0.2) is 14.4 Å². The first-order chi connectivity index (χ1) is 17.7. The standard InChI is InChI=1S/C25H20N2O10/c1-35-19-13-12-17(27(33)34)14-18(19)26-22(28)20(36-24(31)15-8-4-2-5-9-15)21(23(29)30)37-25(32)16-10-6-3-7-11-16/h2-14,20-21H,1H3,(H,26,28)(H,29,30)/t20-,21+/m1/s1. The lowest BCUT2D eigenvalue weighted by atomic mass is 10.1. The van der Waals surface area contributed by atoms with Crippen LogP contribution in [0.2, 0.25) is 0 Å². The highest BCUT2D eigenvalue weighted by Crippen LogP contribution is 2.29. The van der Waals surface area contributed by atoms with Crippen LogP contribution in [-0.4, -0.2) is 53.2 Å². The van der Waals surface area contributed by atoms with E-state index in [1.165, 1.54) is 61.7 Å². The van der Waals surface area contributed by atoms with Crippen molar-refractivity contribution in [3.8, 4) is 5.75 Å². The zero-order chi connectivity index (χ0) is 26.9. The van der Waals surface area contributed by atoms with Crippen LogP contribution in [-0.2, 0) is 19.1 Å². The number of nitrogens with one attached hydrogen (secondary N) is 1. The van der Waals surface area contributed by atoms with Crippen LogP contribution < -0.4 is 10.1 Å². The van der Waals surface area contributed by atoms with Gasteiger partial charge < -0.3 is 24.6 Å². The number of nitrogens with zero attached hydrogens (tertiary/aromatic N) is 1. The zero-order valence-corrected chi connectivity index (χ0v) is 19.2. The van der Waals surface area contributed by atoms with E-state index in [1.54, 1.807) is 12.1 Å². The van der Waals surface area contributed by atoms with Crippen LogP contribution in [0.4, 0.5) is 11.4 Å². The fourth-order valence-corrected chi connectivity index (χ4v) is 3.12. The number of nitro groups is 1. The van der Waals surface area contributed by atoms with Crippen molar-refractivity contribution < 1.29 is 43.4 Å². The van der Waals surface area contributed by atoms with E-state index in [2.05, 4.69) is 5.32 Å². The second-order valence-electron chi connectivity index (χ2n) is 7.35. The number of anilines is 1. The van der Waals surface area contributed by atoms with E-state index in [-0.39, 0.29) is 22.6 Å². The molecule has 0 bridgehead atoms. The van der Waals surface area contributed by atoms with Gasteiger partial charge in [-0.1, -0.05) is 36.4 Å². The summed E-state index contributed by atoms with van der Waals surface area (Å²) in [6, 6.07) is 18.1. The number of benzene rings is 3. The van der Waals surface area contributed by atoms with Gasteiger partial charge in [0.25, 0.3) is 11.6 Å². The van der Waals surface area contributed by atoms with Crippen molar-refractivity contribution in [1.29, 1.82) is 0 Å². The van der Waals surface area contributed by atoms with Crippen molar-refractivity contribution in [2.24, 2.45) is 0 Å². The molecule has 0 radical (unpaired) electrons. The number of aliphatic carboxylic acids is 1. The maximum atomic E-state index is 13.2. The second-order valence-corrected chi connectivity index (χ2v) is 7.35. The number of hydrogen-bond acceptors (Lipinski definition) is 9. The molecule has 0 heterocycles. The molecule has 0 saturated heterocycles. The predicted molar refractivity (Wildman–Crippen MR) is 127 cm³/mol. The van der Waals surface area contributed by atoms with Gasteiger partial charge in [0.15, 0.2) is 0 Å². The van der Waals surface area contributed by atoms with E-state index in [1.807, 2.05) is 0 Å². The average molecular weight is 508 g/mol. The molecule has 0 aliphatic rings. The zero-order valence-electron chi connectivity index (χ0n) is 19.2. The molecule has 0 fully saturated rings. The summed E-state index contributed by atoms with van der Waals surface area (Å²) in [7, 11) is 1.24. The van der Waals surface area contributed by atoms with E-state index >= 15 is 0 Å². The van der Waals surface area contributed by atoms with E-state index < -0.39 is 46.6 Å². The molecule has 0 aliphatic carbocycles. The molecule has 1 amide bonds. The Bertz CT molecular complexity index is 1310. The first-order valence-electron chi connectivity index (χ1n) is 10.6. The van der Waals surface area contributed by atoms with Gasteiger partial charge in [0.2, 0.25) is 12.2 Å². The summed E-state index contributed by atoms with van der Waals surface area (Å²) in [5.74, 6) is -5.18. The largest absolute Gasteiger partial charge is 0.495 e. The fraction of sp³-hybridized carbons (Fsp3) is 0.120. The van der Waals surface area contributed by atoms with Gasteiger partial charge in [-0.2, -0.15) is 0 Å². The van der Waals surface area contributed by atoms with Gasteiger partial charge >= 0.3 is 17.9 Å². The highest BCUT2D eigenvalue weighted by atomic mass is 16.6. The number of amides is 1. The average Bonchev–Trinajstić information content (AvgIpc) is 2.91. The summed E-state index contributed by atoms with van der Waals surface area (Å²) in [5.41, 5.74) is -0.630. The lowest BCUT2D eigenvalue weighted by molar-refractivity contribution is -0.384. The normalized spacial score (nSPS) is 11.9. The summed E-state index contributed by atoms with van der Waals surface area (Å²) in [6.07, 6.45) is -4.47. The van der Waals surface area contributed by atoms with Crippen LogP contribution in [0.3, 0.4) is 0 Å². The minimum Gasteiger partial charge on any atom is -0.495 e. The summed E-state index contributed by atoms with van der Waals surface area (Å²) < 4.78 is 15.4. The van der Waals surface area contributed by atoms with Gasteiger partial charge in [-0.15, -0.1) is 0 Å². The summed E-state index contributed by atoms with van der Waals surface area (Å²) >= 11 is 0. The quantitative estimate of drug-likeness (QED) is 0.235. The number of carbonyl (C=O) groups is 4. The Balaban J connectivity index is 1.97. The third-order valence-electron chi connectivity index (χ3n) is 4.92. The van der Waals surface area contributed by atoms with Gasteiger partial charge in [0.05, 0.1) is 28.8 Å². The molecule has 3 aromatic carbocycles. The Hall–Kier alpha value is -5.26. The van der Waals surface area contributed by atoms with Crippen LogP contribution in [0.5, 0.6) is 5.75 Å². The Kier molecular flexibility index (Phi) is 8.49. The maximum Gasteiger partial charge on any atom is 0.349 e. The number of hydrogen-bond donors (Lipinski definition) is 2. The highest BCUT2D eigenvalue weighted by Gasteiger charge is 2.41. The van der Waals surface area contributed by atoms with E-state index in [4.69, 9.17) is 14.2 Å². The van der Waals surface area contributed by atoms with Gasteiger partial charge in [-0.3, -0.25) is 14.9 Å². The number of ether oxygens (including phenoxy) is 3. The van der Waals surface area contributed by atoms with Gasteiger partial charge in [0, 0.05) is 12.1 Å². The summed E-state index contributed by atoms with van der Waals surface area (Å²) in [6.45, 7) is 0. The number of methoxy groups -OCH3 is 1. The minimum atomic E-state index is -2.27. The van der Waals surface area contributed by atoms with Crippen molar-refractivity contribution in [3.05, 3.63) is 100 Å². The van der Waals surface area contributed by atoms with E-state index in [0.29, 0.717) is 0 Å². The minimum absolute atomic E-state index is 0.000223. The third kappa shape index (κ3) is 6.66. The maximum absolute atomic E-state index is 13.2. The number of esters is 2. The van der Waals surface area contributed by atoms with Crippen molar-refractivity contribution in [1.82, 2.24) is 0 Å². The molecule has 37 heavy (non-hydrogen) atoms. The van der Waals surface area contributed by atoms with Crippen LogP contribution in [0, 0.1) is 10.1 Å². The molecule has 190 valence electrons. The first-order valence-corrected chi connectivity index (χ1v) is 10.6. The molecule has 0 saturated carbocycles. The van der Waals surface area contributed by atoms with Crippen LogP contribution in [0.15, 0.2) is 78.9 Å². The van der Waals surface area contributed by atoms with Crippen LogP contribution in [0.1, 0.15) is 20.7 Å². The lowest BCUT2D eigenvalue weighted by Crippen LogP contribution is -2.48. The van der Waals surface area contributed by atoms with E-state index in [0.717, 1.165) is 12.1 Å². The smallest absolute Gasteiger partial charge is 0.349 e. The van der Waals surface area contributed by atoms with Crippen LogP contribution in [0.25, 0.3) is 0 Å². The molecule has 3 aromatic rings. The van der Waals surface area contributed by atoms with E-state index in [9.17, 15) is 34.4 Å². The number of nitro benzene ring substituents is 1. The monoisotopic (exact) mass is 508 g/mol. The Morgan fingerprint density at radius 2 is 1.35 bits per heavy atom. The van der Waals surface area contributed by atoms with Crippen LogP contribution >= 0.6 is 0 Å². The fourth-order valence-electron chi connectivity index (χ4n) is 3.12. The number of carboxylic acids is 1. The summed E-state index contributed by atoms with van der Waals surface area (Å²) in [4.78, 5) is 61.0. The SMILES string of the molecule is COc1ccc([N+](=O)[O-])cc1NC(=O)[C@H](OC(=O)c1ccccc1)[C@H](OC(=O)c1ccccc1)C(=O)O. The predicted octanol–water partition coefficient (Wildman–Crippen LogP) is 3.08. The molecule has 12 heteroatoms. The van der Waals surface area contributed by atoms with Crippen molar-refractivity contribution in [3.63, 3.8) is 0 Å². The summed E-state index contributed by atoms with van der Waals surface area (Å²) in [5, 5.41) is 23.2. The molecule has 2 N–H and O–H groups in total. The molecule has 0 spiro atoms. The molecule has 3 rings (SSSR count). The van der Waals surface area contributed by atoms with Crippen molar-refractivity contribution >= 4 is 35.2 Å². The third-order valence-corrected chi connectivity index (χ3v) is 4.92. The number of non-ortho nitro benzene ring substituents is 1. The lowest BCUT2D eigenvalue weighted by Gasteiger charge is -2.24. The molecule has 12 nitrogen and oxygen atoms in total. The van der Waals surface area contributed by atoms with Gasteiger partial charge in [-0.05, 0) is 30.3 Å². The number of carbonyl (C=O) groups excluding carboxylic acids is 3. The van der Waals surface area contributed by atoms with Gasteiger partial charge in [0.1, 0.15) is 5.75 Å². The number of rotatable bonds is 10. The molecular formula is C25H20N2O10. The second kappa shape index (κ2) is 11.9. The Labute approximate surface area is 209 Å². The molecule has 0 aromatic heterocycles. The molecule has 0 unspecified atom stereocenters. The van der Waals surface area contributed by atoms with Crippen molar-refractivity contribution in [2.45, 2.75) is 12.2 Å².